The molecule has 3 heterocycles. The van der Waals surface area contributed by atoms with Crippen LogP contribution in [0.15, 0.2) is 48.8 Å². The quantitative estimate of drug-likeness (QED) is 0.853. The predicted molar refractivity (Wildman–Crippen MR) is 105 cm³/mol. The molecule has 0 radical (unpaired) electrons. The van der Waals surface area contributed by atoms with Gasteiger partial charge in [-0.05, 0) is 37.5 Å². The molecule has 26 heavy (non-hydrogen) atoms. The first-order valence-corrected chi connectivity index (χ1v) is 9.60. The Labute approximate surface area is 155 Å². The molecule has 4 rings (SSSR count). The van der Waals surface area contributed by atoms with Crippen LogP contribution in [0.5, 0.6) is 0 Å². The number of amides is 1. The minimum atomic E-state index is 0.101. The molecule has 0 aliphatic carbocycles. The molecule has 1 aromatic heterocycles. The van der Waals surface area contributed by atoms with Crippen molar-refractivity contribution in [2.24, 2.45) is 0 Å². The second kappa shape index (κ2) is 7.77. The minimum Gasteiger partial charge on any atom is -0.370 e. The third-order valence-corrected chi connectivity index (χ3v) is 5.38. The highest BCUT2D eigenvalue weighted by atomic mass is 16.2. The first-order chi connectivity index (χ1) is 12.8. The van der Waals surface area contributed by atoms with Gasteiger partial charge in [-0.15, -0.1) is 0 Å². The average Bonchev–Trinajstić information content (AvgIpc) is 2.75. The molecule has 0 bridgehead atoms. The van der Waals surface area contributed by atoms with Crippen molar-refractivity contribution in [2.75, 3.05) is 49.1 Å². The van der Waals surface area contributed by atoms with Crippen LogP contribution in [0, 0.1) is 0 Å². The van der Waals surface area contributed by atoms with E-state index in [1.165, 1.54) is 24.9 Å². The number of nitrogens with zero attached hydrogens (tertiary/aromatic N) is 4. The van der Waals surface area contributed by atoms with Gasteiger partial charge in [0.05, 0.1) is 17.4 Å². The lowest BCUT2D eigenvalue weighted by Gasteiger charge is -2.36. The van der Waals surface area contributed by atoms with Gasteiger partial charge in [0.1, 0.15) is 0 Å². The van der Waals surface area contributed by atoms with Crippen LogP contribution in [0.25, 0.3) is 0 Å². The second-order valence-electron chi connectivity index (χ2n) is 7.09. The van der Waals surface area contributed by atoms with Gasteiger partial charge in [0.2, 0.25) is 0 Å². The number of piperidine rings is 1. The number of para-hydroxylation sites is 1. The Morgan fingerprint density at radius 2 is 1.46 bits per heavy atom. The highest BCUT2D eigenvalue weighted by Crippen LogP contribution is 2.21. The SMILES string of the molecule is O=C(c1cncc(N2CCCCC2)c1)N1CCN(c2ccccc2)CC1. The van der Waals surface area contributed by atoms with Crippen LogP contribution in [0.4, 0.5) is 11.4 Å². The summed E-state index contributed by atoms with van der Waals surface area (Å²) in [5, 5.41) is 0. The predicted octanol–water partition coefficient (Wildman–Crippen LogP) is 3.03. The van der Waals surface area contributed by atoms with E-state index < -0.39 is 0 Å². The molecule has 0 unspecified atom stereocenters. The third kappa shape index (κ3) is 3.66. The van der Waals surface area contributed by atoms with Gasteiger partial charge >= 0.3 is 0 Å². The van der Waals surface area contributed by atoms with Crippen LogP contribution < -0.4 is 9.80 Å². The fourth-order valence-electron chi connectivity index (χ4n) is 3.86. The van der Waals surface area contributed by atoms with Crippen LogP contribution >= 0.6 is 0 Å². The monoisotopic (exact) mass is 350 g/mol. The van der Waals surface area contributed by atoms with E-state index in [1.807, 2.05) is 23.2 Å². The average molecular weight is 350 g/mol. The molecule has 1 aromatic carbocycles. The van der Waals surface area contributed by atoms with Gasteiger partial charge in [-0.2, -0.15) is 0 Å². The number of piperazine rings is 1. The lowest BCUT2D eigenvalue weighted by atomic mass is 10.1. The zero-order valence-corrected chi connectivity index (χ0v) is 15.2. The summed E-state index contributed by atoms with van der Waals surface area (Å²) in [5.74, 6) is 0.101. The number of rotatable bonds is 3. The Morgan fingerprint density at radius 3 is 2.19 bits per heavy atom. The van der Waals surface area contributed by atoms with Gasteiger partial charge in [-0.3, -0.25) is 9.78 Å². The topological polar surface area (TPSA) is 39.7 Å². The van der Waals surface area contributed by atoms with E-state index in [2.05, 4.69) is 39.0 Å². The molecular formula is C21H26N4O. The zero-order valence-electron chi connectivity index (χ0n) is 15.2. The van der Waals surface area contributed by atoms with E-state index in [9.17, 15) is 4.79 Å². The fourth-order valence-corrected chi connectivity index (χ4v) is 3.86. The number of hydrogen-bond acceptors (Lipinski definition) is 4. The standard InChI is InChI=1S/C21H26N4O/c26-21(18-15-20(17-22-16-18)23-9-5-2-6-10-23)25-13-11-24(12-14-25)19-7-3-1-4-8-19/h1,3-4,7-8,15-17H,2,5-6,9-14H2. The molecule has 2 saturated heterocycles. The number of pyridine rings is 1. The molecule has 2 fully saturated rings. The molecule has 2 aliphatic heterocycles. The first-order valence-electron chi connectivity index (χ1n) is 9.60. The van der Waals surface area contributed by atoms with E-state index in [-0.39, 0.29) is 5.91 Å². The molecule has 2 aromatic rings. The number of anilines is 2. The Hall–Kier alpha value is -2.56. The summed E-state index contributed by atoms with van der Waals surface area (Å²) < 4.78 is 0. The van der Waals surface area contributed by atoms with Gasteiger partial charge in [0, 0.05) is 51.2 Å². The van der Waals surface area contributed by atoms with E-state index in [4.69, 9.17) is 0 Å². The number of aromatic nitrogens is 1. The van der Waals surface area contributed by atoms with E-state index >= 15 is 0 Å². The summed E-state index contributed by atoms with van der Waals surface area (Å²) in [7, 11) is 0. The highest BCUT2D eigenvalue weighted by molar-refractivity contribution is 5.95. The van der Waals surface area contributed by atoms with Crippen molar-refractivity contribution in [3.05, 3.63) is 54.4 Å². The molecule has 0 atom stereocenters. The summed E-state index contributed by atoms with van der Waals surface area (Å²) >= 11 is 0. The van der Waals surface area contributed by atoms with Gasteiger partial charge < -0.3 is 14.7 Å². The summed E-state index contributed by atoms with van der Waals surface area (Å²) in [6, 6.07) is 12.4. The molecule has 0 spiro atoms. The summed E-state index contributed by atoms with van der Waals surface area (Å²) in [5.41, 5.74) is 3.02. The number of hydrogen-bond donors (Lipinski definition) is 0. The molecule has 5 heteroatoms. The largest absolute Gasteiger partial charge is 0.370 e. The Bertz CT molecular complexity index is 735. The summed E-state index contributed by atoms with van der Waals surface area (Å²) in [6.45, 7) is 5.37. The second-order valence-corrected chi connectivity index (χ2v) is 7.09. The Kier molecular flexibility index (Phi) is 5.04. The molecule has 0 saturated carbocycles. The minimum absolute atomic E-state index is 0.101. The number of carbonyl (C=O) groups is 1. The highest BCUT2D eigenvalue weighted by Gasteiger charge is 2.23. The van der Waals surface area contributed by atoms with Crippen LogP contribution in [0.2, 0.25) is 0 Å². The summed E-state index contributed by atoms with van der Waals surface area (Å²) in [6.07, 6.45) is 7.34. The van der Waals surface area contributed by atoms with Gasteiger partial charge in [0.25, 0.3) is 5.91 Å². The van der Waals surface area contributed by atoms with Crippen LogP contribution in [-0.2, 0) is 0 Å². The van der Waals surface area contributed by atoms with Gasteiger partial charge in [-0.25, -0.2) is 0 Å². The Balaban J connectivity index is 1.40. The zero-order chi connectivity index (χ0) is 17.8. The van der Waals surface area contributed by atoms with Crippen LogP contribution in [-0.4, -0.2) is 55.1 Å². The molecule has 5 nitrogen and oxygen atoms in total. The molecule has 1 amide bonds. The van der Waals surface area contributed by atoms with Crippen molar-refractivity contribution in [2.45, 2.75) is 19.3 Å². The normalized spacial score (nSPS) is 18.1. The number of benzene rings is 1. The maximum absolute atomic E-state index is 12.9. The van der Waals surface area contributed by atoms with Crippen molar-refractivity contribution < 1.29 is 4.79 Å². The van der Waals surface area contributed by atoms with Crippen molar-refractivity contribution in [3.8, 4) is 0 Å². The Morgan fingerprint density at radius 1 is 0.769 bits per heavy atom. The smallest absolute Gasteiger partial charge is 0.255 e. The van der Waals surface area contributed by atoms with Crippen molar-refractivity contribution >= 4 is 17.3 Å². The van der Waals surface area contributed by atoms with Gasteiger partial charge in [-0.1, -0.05) is 18.2 Å². The summed E-state index contributed by atoms with van der Waals surface area (Å²) in [4.78, 5) is 23.9. The fraction of sp³-hybridized carbons (Fsp3) is 0.429. The maximum atomic E-state index is 12.9. The van der Waals surface area contributed by atoms with Crippen LogP contribution in [0.1, 0.15) is 29.6 Å². The van der Waals surface area contributed by atoms with Crippen LogP contribution in [0.3, 0.4) is 0 Å². The first kappa shape index (κ1) is 16.9. The molecule has 2 aliphatic rings. The molecular weight excluding hydrogens is 324 g/mol. The molecule has 136 valence electrons. The lowest BCUT2D eigenvalue weighted by molar-refractivity contribution is 0.0746. The number of carbonyl (C=O) groups excluding carboxylic acids is 1. The van der Waals surface area contributed by atoms with Crippen molar-refractivity contribution in [3.63, 3.8) is 0 Å². The van der Waals surface area contributed by atoms with Crippen molar-refractivity contribution in [1.82, 2.24) is 9.88 Å². The van der Waals surface area contributed by atoms with Gasteiger partial charge in [0.15, 0.2) is 0 Å². The maximum Gasteiger partial charge on any atom is 0.255 e. The van der Waals surface area contributed by atoms with Crippen molar-refractivity contribution in [1.29, 1.82) is 0 Å². The lowest BCUT2D eigenvalue weighted by Crippen LogP contribution is -2.48. The van der Waals surface area contributed by atoms with E-state index in [1.54, 1.807) is 6.20 Å². The van der Waals surface area contributed by atoms with E-state index in [0.717, 1.165) is 45.0 Å². The van der Waals surface area contributed by atoms with E-state index in [0.29, 0.717) is 5.56 Å². The molecule has 0 N–H and O–H groups in total. The third-order valence-electron chi connectivity index (χ3n) is 5.38.